The molecule has 0 aliphatic rings. The molecule has 0 aliphatic heterocycles. The van der Waals surface area contributed by atoms with Crippen molar-refractivity contribution < 1.29 is 5.11 Å². The van der Waals surface area contributed by atoms with Crippen LogP contribution in [0.3, 0.4) is 0 Å². The smallest absolute Gasteiger partial charge is 0.0431 e. The Hall–Kier alpha value is -0.0900. The third kappa shape index (κ3) is 4.72. The number of rotatable bonds is 5. The fourth-order valence-corrected chi connectivity index (χ4v) is 1.66. The molecule has 0 rings (SSSR count). The zero-order valence-electron chi connectivity index (χ0n) is 7.91. The minimum atomic E-state index is 0.0771. The highest BCUT2D eigenvalue weighted by atomic mass is 32.2. The van der Waals surface area contributed by atoms with Gasteiger partial charge in [-0.1, -0.05) is 20.8 Å². The molecule has 3 nitrogen and oxygen atoms in total. The van der Waals surface area contributed by atoms with Gasteiger partial charge in [0.2, 0.25) is 0 Å². The first-order valence-corrected chi connectivity index (χ1v) is 4.95. The van der Waals surface area contributed by atoms with E-state index in [4.69, 9.17) is 5.11 Å². The van der Waals surface area contributed by atoms with Crippen molar-refractivity contribution in [3.63, 3.8) is 0 Å². The van der Waals surface area contributed by atoms with E-state index in [0.29, 0.717) is 0 Å². The normalized spacial score (nSPS) is 14.3. The molecule has 0 heterocycles. The van der Waals surface area contributed by atoms with Gasteiger partial charge in [0, 0.05) is 28.4 Å². The van der Waals surface area contributed by atoms with Crippen molar-refractivity contribution in [2.75, 3.05) is 6.61 Å². The molecule has 0 saturated carbocycles. The largest absolute Gasteiger partial charge is 0.396 e. The zero-order valence-corrected chi connectivity index (χ0v) is 8.73. The minimum absolute atomic E-state index is 0.0771. The van der Waals surface area contributed by atoms with Crippen molar-refractivity contribution in [3.8, 4) is 0 Å². The van der Waals surface area contributed by atoms with Crippen LogP contribution in [0.4, 0.5) is 0 Å². The Morgan fingerprint density at radius 1 is 1.50 bits per heavy atom. The summed E-state index contributed by atoms with van der Waals surface area (Å²) in [6.45, 7) is 6.42. The average molecular weight is 191 g/mol. The van der Waals surface area contributed by atoms with Gasteiger partial charge in [0.25, 0.3) is 0 Å². The maximum Gasteiger partial charge on any atom is 0.0431 e. The molecule has 12 heavy (non-hydrogen) atoms. The molecule has 0 aliphatic carbocycles. The average Bonchev–Trinajstić information content (AvgIpc) is 1.95. The number of aliphatic hydroxyl groups is 1. The van der Waals surface area contributed by atoms with Gasteiger partial charge in [-0.25, -0.2) is 0 Å². The second kappa shape index (κ2) is 5.54. The summed E-state index contributed by atoms with van der Waals surface area (Å²) in [7, 11) is 0. The van der Waals surface area contributed by atoms with Gasteiger partial charge in [-0.2, -0.15) is 0 Å². The van der Waals surface area contributed by atoms with Crippen LogP contribution in [0, 0.1) is 10.3 Å². The van der Waals surface area contributed by atoms with Gasteiger partial charge in [0.1, 0.15) is 0 Å². The van der Waals surface area contributed by atoms with E-state index < -0.39 is 0 Å². The van der Waals surface area contributed by atoms with E-state index in [-0.39, 0.29) is 17.3 Å². The Bertz CT molecular complexity index is 134. The number of nitrogens with zero attached hydrogens (tertiary/aromatic N) is 1. The van der Waals surface area contributed by atoms with Gasteiger partial charge >= 0.3 is 0 Å². The van der Waals surface area contributed by atoms with E-state index in [9.17, 15) is 4.91 Å². The van der Waals surface area contributed by atoms with Crippen LogP contribution in [-0.2, 0) is 0 Å². The lowest BCUT2D eigenvalue weighted by molar-refractivity contribution is 0.271. The van der Waals surface area contributed by atoms with Gasteiger partial charge in [-0.3, -0.25) is 0 Å². The lowest BCUT2D eigenvalue weighted by Gasteiger charge is -2.26. The molecule has 0 fully saturated rings. The van der Waals surface area contributed by atoms with E-state index >= 15 is 0 Å². The number of nitroso groups, excluding NO2 is 1. The summed E-state index contributed by atoms with van der Waals surface area (Å²) in [5.41, 5.74) is 0.0771. The van der Waals surface area contributed by atoms with Crippen molar-refractivity contribution in [2.24, 2.45) is 10.00 Å². The lowest BCUT2D eigenvalue weighted by Crippen LogP contribution is -2.22. The van der Waals surface area contributed by atoms with E-state index in [0.717, 1.165) is 24.8 Å². The Morgan fingerprint density at radius 3 is 2.42 bits per heavy atom. The Morgan fingerprint density at radius 2 is 2.08 bits per heavy atom. The molecule has 0 saturated heterocycles. The molecule has 1 atom stereocenters. The molecule has 1 unspecified atom stereocenters. The summed E-state index contributed by atoms with van der Waals surface area (Å²) in [5, 5.41) is 8.84. The molecule has 0 bridgehead atoms. The molecule has 0 amide bonds. The molecule has 1 N–H and O–H groups in total. The molecule has 0 aromatic heterocycles. The van der Waals surface area contributed by atoms with Crippen molar-refractivity contribution in [1.29, 1.82) is 0 Å². The lowest BCUT2D eigenvalue weighted by atomic mass is 9.89. The molecular weight excluding hydrogens is 174 g/mol. The molecule has 4 heteroatoms. The maximum atomic E-state index is 10.1. The highest BCUT2D eigenvalue weighted by molar-refractivity contribution is 7.98. The Kier molecular flexibility index (Phi) is 5.50. The molecule has 0 aromatic carbocycles. The molecule has 0 aromatic rings. The summed E-state index contributed by atoms with van der Waals surface area (Å²) in [4.78, 5) is 10.1. The van der Waals surface area contributed by atoms with Crippen molar-refractivity contribution >= 4 is 11.9 Å². The highest BCUT2D eigenvalue weighted by Crippen LogP contribution is 2.33. The minimum Gasteiger partial charge on any atom is -0.396 e. The number of aliphatic hydroxyl groups excluding tert-OH is 1. The quantitative estimate of drug-likeness (QED) is 0.536. The third-order valence-corrected chi connectivity index (χ3v) is 3.04. The summed E-state index contributed by atoms with van der Waals surface area (Å²) >= 11 is 1.08. The number of hydrogen-bond donors (Lipinski definition) is 1. The summed E-state index contributed by atoms with van der Waals surface area (Å²) < 4.78 is 2.84. The van der Waals surface area contributed by atoms with E-state index in [1.807, 2.05) is 0 Å². The van der Waals surface area contributed by atoms with Crippen LogP contribution in [0.25, 0.3) is 0 Å². The summed E-state index contributed by atoms with van der Waals surface area (Å²) in [5.74, 6) is 0. The van der Waals surface area contributed by atoms with Crippen LogP contribution >= 0.6 is 11.9 Å². The van der Waals surface area contributed by atoms with Crippen molar-refractivity contribution in [1.82, 2.24) is 0 Å². The fraction of sp³-hybridized carbons (Fsp3) is 1.00. The molecule has 0 radical (unpaired) electrons. The fourth-order valence-electron chi connectivity index (χ4n) is 0.972. The predicted octanol–water partition coefficient (Wildman–Crippen LogP) is 2.59. The number of hydrogen-bond acceptors (Lipinski definition) is 4. The second-order valence-corrected chi connectivity index (χ2v) is 4.83. The van der Waals surface area contributed by atoms with Crippen LogP contribution in [-0.4, -0.2) is 17.0 Å². The Labute approximate surface area is 78.0 Å². The van der Waals surface area contributed by atoms with E-state index in [2.05, 4.69) is 25.4 Å². The molecule has 0 spiro atoms. The van der Waals surface area contributed by atoms with Crippen molar-refractivity contribution in [3.05, 3.63) is 4.91 Å². The van der Waals surface area contributed by atoms with Gasteiger partial charge in [-0.15, -0.1) is 4.91 Å². The standard InChI is InChI=1S/C8H17NO2S/c1-8(2,3)7(12-9-11)5-4-6-10/h7,10H,4-6H2,1-3H3. The van der Waals surface area contributed by atoms with Crippen LogP contribution < -0.4 is 0 Å². The van der Waals surface area contributed by atoms with Crippen molar-refractivity contribution in [2.45, 2.75) is 38.9 Å². The monoisotopic (exact) mass is 191 g/mol. The van der Waals surface area contributed by atoms with Crippen LogP contribution in [0.2, 0.25) is 0 Å². The first-order valence-electron chi connectivity index (χ1n) is 4.11. The van der Waals surface area contributed by atoms with Gasteiger partial charge < -0.3 is 5.11 Å². The van der Waals surface area contributed by atoms with E-state index in [1.54, 1.807) is 0 Å². The third-order valence-electron chi connectivity index (χ3n) is 1.76. The first kappa shape index (κ1) is 11.9. The van der Waals surface area contributed by atoms with Crippen LogP contribution in [0.1, 0.15) is 33.6 Å². The zero-order chi connectivity index (χ0) is 9.61. The Balaban J connectivity index is 3.94. The topological polar surface area (TPSA) is 49.7 Å². The maximum absolute atomic E-state index is 10.1. The van der Waals surface area contributed by atoms with E-state index in [1.165, 1.54) is 0 Å². The van der Waals surface area contributed by atoms with Crippen LogP contribution in [0.5, 0.6) is 0 Å². The van der Waals surface area contributed by atoms with Gasteiger partial charge in [-0.05, 0) is 18.3 Å². The second-order valence-electron chi connectivity index (χ2n) is 3.90. The summed E-state index contributed by atoms with van der Waals surface area (Å²) in [6.07, 6.45) is 1.58. The SMILES string of the molecule is CC(C)(C)C(CCCO)SN=O. The van der Waals surface area contributed by atoms with Crippen LogP contribution in [0.15, 0.2) is 4.58 Å². The molecular formula is C8H17NO2S. The first-order chi connectivity index (χ1) is 5.52. The predicted molar refractivity (Wildman–Crippen MR) is 52.9 cm³/mol. The van der Waals surface area contributed by atoms with Gasteiger partial charge in [0.05, 0.1) is 0 Å². The molecule has 72 valence electrons. The van der Waals surface area contributed by atoms with Gasteiger partial charge in [0.15, 0.2) is 0 Å². The highest BCUT2D eigenvalue weighted by Gasteiger charge is 2.25. The summed E-state index contributed by atoms with van der Waals surface area (Å²) in [6, 6.07) is 0.